The van der Waals surface area contributed by atoms with Gasteiger partial charge in [-0.15, -0.1) is 0 Å². The molecule has 1 aliphatic heterocycles. The van der Waals surface area contributed by atoms with Crippen molar-refractivity contribution in [2.75, 3.05) is 9.03 Å². The highest BCUT2D eigenvalue weighted by molar-refractivity contribution is 8.02. The molecule has 17 heavy (non-hydrogen) atoms. The van der Waals surface area contributed by atoms with Crippen LogP contribution in [-0.2, 0) is 0 Å². The van der Waals surface area contributed by atoms with Gasteiger partial charge in [-0.05, 0) is 42.8 Å². The summed E-state index contributed by atoms with van der Waals surface area (Å²) in [6.07, 6.45) is 0. The second kappa shape index (κ2) is 3.96. The predicted molar refractivity (Wildman–Crippen MR) is 70.9 cm³/mol. The molecule has 1 aliphatic rings. The van der Waals surface area contributed by atoms with Crippen LogP contribution in [-0.4, -0.2) is 0 Å². The second-order valence-corrected chi connectivity index (χ2v) is 4.69. The second-order valence-electron chi connectivity index (χ2n) is 3.94. The van der Waals surface area contributed by atoms with Crippen molar-refractivity contribution in [3.05, 3.63) is 53.8 Å². The summed E-state index contributed by atoms with van der Waals surface area (Å²) in [5.41, 5.74) is 4.12. The number of rotatable bonds is 1. The number of fused-ring (bicyclic) bond motifs is 1. The van der Waals surface area contributed by atoms with Crippen LogP contribution in [0.1, 0.15) is 5.56 Å². The molecule has 0 atom stereocenters. The molecule has 0 fully saturated rings. The Morgan fingerprint density at radius 2 is 1.94 bits per heavy atom. The van der Waals surface area contributed by atoms with Gasteiger partial charge < -0.3 is 4.72 Å². The first kappa shape index (κ1) is 10.5. The zero-order chi connectivity index (χ0) is 11.8. The van der Waals surface area contributed by atoms with Gasteiger partial charge in [0.2, 0.25) is 0 Å². The minimum Gasteiger partial charge on any atom is -0.310 e. The van der Waals surface area contributed by atoms with Crippen molar-refractivity contribution in [1.82, 2.24) is 0 Å². The van der Waals surface area contributed by atoms with Crippen molar-refractivity contribution >= 4 is 29.2 Å². The summed E-state index contributed by atoms with van der Waals surface area (Å²) < 4.78 is 18.4. The lowest BCUT2D eigenvalue weighted by atomic mass is 10.2. The van der Waals surface area contributed by atoms with Crippen LogP contribution >= 0.6 is 12.1 Å². The Kier molecular flexibility index (Phi) is 2.44. The quantitative estimate of drug-likeness (QED) is 0.757. The van der Waals surface area contributed by atoms with E-state index in [0.717, 1.165) is 22.6 Å². The van der Waals surface area contributed by atoms with Crippen LogP contribution in [0.2, 0.25) is 0 Å². The van der Waals surface area contributed by atoms with Gasteiger partial charge in [0.05, 0.1) is 29.2 Å². The van der Waals surface area contributed by atoms with Crippen molar-refractivity contribution in [3.63, 3.8) is 0 Å². The molecule has 0 bridgehead atoms. The van der Waals surface area contributed by atoms with Gasteiger partial charge >= 0.3 is 0 Å². The molecule has 0 saturated carbocycles. The van der Waals surface area contributed by atoms with Gasteiger partial charge in [0, 0.05) is 0 Å². The summed E-state index contributed by atoms with van der Waals surface area (Å²) >= 11 is 1.51. The van der Waals surface area contributed by atoms with E-state index in [1.807, 2.05) is 31.2 Å². The fraction of sp³-hybridized carbons (Fsp3) is 0.0769. The van der Waals surface area contributed by atoms with Gasteiger partial charge in [0.25, 0.3) is 0 Å². The Morgan fingerprint density at radius 1 is 1.12 bits per heavy atom. The third kappa shape index (κ3) is 1.74. The highest BCUT2D eigenvalue weighted by atomic mass is 32.2. The van der Waals surface area contributed by atoms with Gasteiger partial charge in [-0.2, -0.15) is 0 Å². The fourth-order valence-electron chi connectivity index (χ4n) is 1.91. The van der Waals surface area contributed by atoms with Crippen LogP contribution in [0.15, 0.2) is 42.5 Å². The SMILES string of the molecule is Cc1cc(F)ccc1N1SNc2ccccc21. The molecule has 0 aromatic heterocycles. The maximum Gasteiger partial charge on any atom is 0.123 e. The summed E-state index contributed by atoms with van der Waals surface area (Å²) in [5, 5.41) is 0. The first-order valence-corrected chi connectivity index (χ1v) is 6.11. The van der Waals surface area contributed by atoms with Gasteiger partial charge in [-0.25, -0.2) is 4.39 Å². The van der Waals surface area contributed by atoms with Crippen LogP contribution in [0.25, 0.3) is 0 Å². The molecule has 2 nitrogen and oxygen atoms in total. The van der Waals surface area contributed by atoms with Crippen molar-refractivity contribution in [3.8, 4) is 0 Å². The van der Waals surface area contributed by atoms with E-state index in [0.29, 0.717) is 0 Å². The molecule has 0 amide bonds. The fourth-order valence-corrected chi connectivity index (χ4v) is 2.83. The van der Waals surface area contributed by atoms with Crippen molar-refractivity contribution in [1.29, 1.82) is 0 Å². The largest absolute Gasteiger partial charge is 0.310 e. The molecule has 1 heterocycles. The first-order chi connectivity index (χ1) is 8.25. The number of aryl methyl sites for hydroxylation is 1. The molecular weight excluding hydrogens is 235 g/mol. The van der Waals surface area contributed by atoms with Crippen molar-refractivity contribution in [2.24, 2.45) is 0 Å². The van der Waals surface area contributed by atoms with Crippen molar-refractivity contribution < 1.29 is 4.39 Å². The van der Waals surface area contributed by atoms with E-state index in [4.69, 9.17) is 0 Å². The third-order valence-electron chi connectivity index (χ3n) is 2.75. The molecule has 0 spiro atoms. The molecule has 4 heteroatoms. The minimum absolute atomic E-state index is 0.198. The Hall–Kier alpha value is -1.68. The van der Waals surface area contributed by atoms with E-state index in [2.05, 4.69) is 9.03 Å². The van der Waals surface area contributed by atoms with Crippen LogP contribution in [0.5, 0.6) is 0 Å². The van der Waals surface area contributed by atoms with E-state index < -0.39 is 0 Å². The molecule has 0 aliphatic carbocycles. The number of anilines is 3. The van der Waals surface area contributed by atoms with E-state index in [1.54, 1.807) is 12.1 Å². The molecule has 0 radical (unpaired) electrons. The number of nitrogens with zero attached hydrogens (tertiary/aromatic N) is 1. The number of para-hydroxylation sites is 2. The summed E-state index contributed by atoms with van der Waals surface area (Å²) in [6.45, 7) is 1.92. The third-order valence-corrected chi connectivity index (χ3v) is 3.63. The average molecular weight is 246 g/mol. The van der Waals surface area contributed by atoms with Crippen molar-refractivity contribution in [2.45, 2.75) is 6.92 Å². The number of benzene rings is 2. The average Bonchev–Trinajstić information content (AvgIpc) is 2.73. The Bertz CT molecular complexity index is 571. The molecule has 2 aromatic rings. The number of hydrogen-bond acceptors (Lipinski definition) is 3. The Labute approximate surface area is 104 Å². The smallest absolute Gasteiger partial charge is 0.123 e. The summed E-state index contributed by atoms with van der Waals surface area (Å²) in [6, 6.07) is 12.9. The first-order valence-electron chi connectivity index (χ1n) is 5.34. The standard InChI is InChI=1S/C13H11FN2S/c1-9-8-10(14)6-7-12(9)16-13-5-3-2-4-11(13)15-17-16/h2-8,15H,1H3. The van der Waals surface area contributed by atoms with Crippen LogP contribution in [0.3, 0.4) is 0 Å². The lowest BCUT2D eigenvalue weighted by Gasteiger charge is -2.18. The topological polar surface area (TPSA) is 15.3 Å². The minimum atomic E-state index is -0.198. The van der Waals surface area contributed by atoms with Crippen LogP contribution < -0.4 is 9.03 Å². The normalized spacial score (nSPS) is 13.4. The maximum atomic E-state index is 13.1. The molecule has 2 aromatic carbocycles. The van der Waals surface area contributed by atoms with Gasteiger partial charge in [-0.1, -0.05) is 12.1 Å². The van der Waals surface area contributed by atoms with Crippen LogP contribution in [0, 0.1) is 12.7 Å². The lowest BCUT2D eigenvalue weighted by molar-refractivity contribution is 0.627. The van der Waals surface area contributed by atoms with Gasteiger partial charge in [-0.3, -0.25) is 4.31 Å². The summed E-state index contributed by atoms with van der Waals surface area (Å²) in [4.78, 5) is 0. The van der Waals surface area contributed by atoms with Gasteiger partial charge in [0.1, 0.15) is 5.82 Å². The molecular formula is C13H11FN2S. The van der Waals surface area contributed by atoms with Gasteiger partial charge in [0.15, 0.2) is 0 Å². The van der Waals surface area contributed by atoms with E-state index in [-0.39, 0.29) is 5.82 Å². The number of nitrogens with one attached hydrogen (secondary N) is 1. The number of hydrogen-bond donors (Lipinski definition) is 1. The molecule has 3 rings (SSSR count). The number of halogens is 1. The molecule has 0 unspecified atom stereocenters. The highest BCUT2D eigenvalue weighted by Crippen LogP contribution is 2.44. The predicted octanol–water partition coefficient (Wildman–Crippen LogP) is 4.26. The molecule has 0 saturated heterocycles. The van der Waals surface area contributed by atoms with E-state index in [9.17, 15) is 4.39 Å². The maximum absolute atomic E-state index is 13.1. The Balaban J connectivity index is 2.07. The lowest BCUT2D eigenvalue weighted by Crippen LogP contribution is -2.04. The highest BCUT2D eigenvalue weighted by Gasteiger charge is 2.22. The van der Waals surface area contributed by atoms with E-state index >= 15 is 0 Å². The monoisotopic (exact) mass is 246 g/mol. The molecule has 1 N–H and O–H groups in total. The van der Waals surface area contributed by atoms with Crippen LogP contribution in [0.4, 0.5) is 21.5 Å². The summed E-state index contributed by atoms with van der Waals surface area (Å²) in [7, 11) is 0. The molecule has 86 valence electrons. The summed E-state index contributed by atoms with van der Waals surface area (Å²) in [5.74, 6) is -0.198. The zero-order valence-corrected chi connectivity index (χ0v) is 10.1. The Morgan fingerprint density at radius 3 is 2.76 bits per heavy atom. The van der Waals surface area contributed by atoms with E-state index in [1.165, 1.54) is 18.2 Å². The zero-order valence-electron chi connectivity index (χ0n) is 9.27.